The van der Waals surface area contributed by atoms with Gasteiger partial charge in [0, 0.05) is 30.6 Å². The molecule has 0 aliphatic carbocycles. The van der Waals surface area contributed by atoms with Crippen LogP contribution in [-0.4, -0.2) is 37.0 Å². The Labute approximate surface area is 155 Å². The lowest BCUT2D eigenvalue weighted by Crippen LogP contribution is -2.22. The van der Waals surface area contributed by atoms with Gasteiger partial charge in [0.15, 0.2) is 11.5 Å². The number of methoxy groups -OCH3 is 3. The average molecular weight is 375 g/mol. The first-order valence-electron chi connectivity index (χ1n) is 7.98. The predicted octanol–water partition coefficient (Wildman–Crippen LogP) is 2.90. The van der Waals surface area contributed by atoms with Crippen molar-refractivity contribution in [1.82, 2.24) is 15.1 Å². The summed E-state index contributed by atoms with van der Waals surface area (Å²) < 4.78 is 17.8. The highest BCUT2D eigenvalue weighted by Crippen LogP contribution is 2.34. The molecule has 3 aromatic rings. The van der Waals surface area contributed by atoms with Crippen LogP contribution in [0.2, 0.25) is 0 Å². The maximum atomic E-state index is 12.6. The second-order valence-corrected chi connectivity index (χ2v) is 6.77. The summed E-state index contributed by atoms with van der Waals surface area (Å²) in [5.74, 6) is 1.65. The molecule has 0 aliphatic rings. The van der Waals surface area contributed by atoms with Crippen LogP contribution in [0.3, 0.4) is 0 Å². The quantitative estimate of drug-likeness (QED) is 0.717. The minimum absolute atomic E-state index is 0.137. The van der Waals surface area contributed by atoms with Crippen LogP contribution in [0.15, 0.2) is 18.2 Å². The first-order valence-corrected chi connectivity index (χ1v) is 8.80. The molecule has 26 heavy (non-hydrogen) atoms. The Morgan fingerprint density at radius 2 is 1.77 bits per heavy atom. The molecule has 7 nitrogen and oxygen atoms in total. The van der Waals surface area contributed by atoms with E-state index in [4.69, 9.17) is 14.2 Å². The van der Waals surface area contributed by atoms with Gasteiger partial charge in [0.1, 0.15) is 10.6 Å². The summed E-state index contributed by atoms with van der Waals surface area (Å²) in [5.41, 5.74) is 1.72. The molecule has 138 valence electrons. The Bertz CT molecular complexity index is 927. The van der Waals surface area contributed by atoms with Crippen molar-refractivity contribution in [2.45, 2.75) is 13.5 Å². The van der Waals surface area contributed by atoms with Gasteiger partial charge in [0.05, 0.1) is 31.9 Å². The smallest absolute Gasteiger partial charge is 0.261 e. The summed E-state index contributed by atoms with van der Waals surface area (Å²) >= 11 is 1.42. The van der Waals surface area contributed by atoms with Crippen molar-refractivity contribution in [3.8, 4) is 17.2 Å². The highest BCUT2D eigenvalue weighted by molar-refractivity contribution is 7.20. The van der Waals surface area contributed by atoms with Crippen molar-refractivity contribution >= 4 is 27.5 Å². The Kier molecular flexibility index (Phi) is 5.03. The molecule has 2 heterocycles. The molecule has 0 aliphatic heterocycles. The van der Waals surface area contributed by atoms with E-state index in [1.165, 1.54) is 11.3 Å². The zero-order valence-corrected chi connectivity index (χ0v) is 16.2. The highest BCUT2D eigenvalue weighted by Gasteiger charge is 2.17. The van der Waals surface area contributed by atoms with Gasteiger partial charge in [-0.25, -0.2) is 0 Å². The van der Waals surface area contributed by atoms with Crippen LogP contribution in [0.4, 0.5) is 0 Å². The van der Waals surface area contributed by atoms with Crippen LogP contribution < -0.4 is 19.5 Å². The van der Waals surface area contributed by atoms with Gasteiger partial charge in [-0.1, -0.05) is 0 Å². The number of ether oxygens (including phenoxy) is 3. The molecular formula is C18H21N3O4S. The number of rotatable bonds is 6. The van der Waals surface area contributed by atoms with Crippen molar-refractivity contribution in [2.24, 2.45) is 7.05 Å². The van der Waals surface area contributed by atoms with Gasteiger partial charge in [0.25, 0.3) is 5.91 Å². The van der Waals surface area contributed by atoms with Crippen molar-refractivity contribution in [1.29, 1.82) is 0 Å². The lowest BCUT2D eigenvalue weighted by atomic mass is 10.1. The van der Waals surface area contributed by atoms with Crippen molar-refractivity contribution < 1.29 is 19.0 Å². The summed E-state index contributed by atoms with van der Waals surface area (Å²) in [6, 6.07) is 5.43. The first-order chi connectivity index (χ1) is 12.5. The largest absolute Gasteiger partial charge is 0.496 e. The van der Waals surface area contributed by atoms with Crippen LogP contribution in [-0.2, 0) is 13.6 Å². The fraction of sp³-hybridized carbons (Fsp3) is 0.333. The number of fused-ring (bicyclic) bond motifs is 1. The van der Waals surface area contributed by atoms with Gasteiger partial charge >= 0.3 is 0 Å². The van der Waals surface area contributed by atoms with E-state index in [-0.39, 0.29) is 5.91 Å². The maximum Gasteiger partial charge on any atom is 0.261 e. The second kappa shape index (κ2) is 7.25. The molecule has 0 saturated heterocycles. The zero-order valence-electron chi connectivity index (χ0n) is 15.4. The van der Waals surface area contributed by atoms with E-state index in [9.17, 15) is 4.79 Å². The number of hydrogen-bond donors (Lipinski definition) is 1. The molecule has 0 radical (unpaired) electrons. The minimum atomic E-state index is -0.137. The summed E-state index contributed by atoms with van der Waals surface area (Å²) in [4.78, 5) is 14.2. The van der Waals surface area contributed by atoms with Crippen LogP contribution in [0.25, 0.3) is 10.2 Å². The molecule has 0 unspecified atom stereocenters. The summed E-state index contributed by atoms with van der Waals surface area (Å²) in [7, 11) is 6.59. The van der Waals surface area contributed by atoms with Gasteiger partial charge < -0.3 is 19.5 Å². The van der Waals surface area contributed by atoms with Crippen molar-refractivity contribution in [2.75, 3.05) is 21.3 Å². The number of aromatic nitrogens is 2. The Balaban J connectivity index is 1.81. The fourth-order valence-electron chi connectivity index (χ4n) is 2.81. The molecule has 1 aromatic carbocycles. The number of aryl methyl sites for hydroxylation is 2. The minimum Gasteiger partial charge on any atom is -0.496 e. The van der Waals surface area contributed by atoms with Crippen molar-refractivity contribution in [3.05, 3.63) is 34.3 Å². The standard InChI is InChI=1S/C18H21N3O4S/c1-10-12-7-16(26-18(12)21(2)20-10)17(22)19-9-11-6-14(24-4)15(25-5)8-13(11)23-3/h6-8H,9H2,1-5H3,(H,19,22). The molecule has 0 spiro atoms. The SMILES string of the molecule is COc1cc(OC)c(OC)cc1CNC(=O)c1cc2c(C)nn(C)c2s1. The van der Waals surface area contributed by atoms with Crippen LogP contribution in [0.5, 0.6) is 17.2 Å². The normalized spacial score (nSPS) is 10.8. The zero-order chi connectivity index (χ0) is 18.8. The molecular weight excluding hydrogens is 354 g/mol. The third-order valence-corrected chi connectivity index (χ3v) is 5.35. The van der Waals surface area contributed by atoms with E-state index in [0.717, 1.165) is 21.5 Å². The number of nitrogens with zero attached hydrogens (tertiary/aromatic N) is 2. The van der Waals surface area contributed by atoms with Gasteiger partial charge in [0.2, 0.25) is 0 Å². The number of nitrogens with one attached hydrogen (secondary N) is 1. The summed E-state index contributed by atoms with van der Waals surface area (Å²) in [5, 5.41) is 8.30. The topological polar surface area (TPSA) is 74.6 Å². The monoisotopic (exact) mass is 375 g/mol. The number of amides is 1. The van der Waals surface area contributed by atoms with Gasteiger partial charge in [-0.15, -0.1) is 11.3 Å². The van der Waals surface area contributed by atoms with Crippen LogP contribution >= 0.6 is 11.3 Å². The van der Waals surface area contributed by atoms with E-state index in [2.05, 4.69) is 10.4 Å². The molecule has 1 amide bonds. The van der Waals surface area contributed by atoms with E-state index in [1.807, 2.05) is 20.0 Å². The second-order valence-electron chi connectivity index (χ2n) is 5.74. The molecule has 0 saturated carbocycles. The molecule has 8 heteroatoms. The summed E-state index contributed by atoms with van der Waals surface area (Å²) in [6.45, 7) is 2.25. The number of thiophene rings is 1. The third kappa shape index (κ3) is 3.20. The van der Waals surface area contributed by atoms with E-state index in [1.54, 1.807) is 38.1 Å². The van der Waals surface area contributed by atoms with Gasteiger partial charge in [-0.2, -0.15) is 5.10 Å². The average Bonchev–Trinajstić information content (AvgIpc) is 3.20. The number of benzene rings is 1. The highest BCUT2D eigenvalue weighted by atomic mass is 32.1. The number of carbonyl (C=O) groups is 1. The van der Waals surface area contributed by atoms with E-state index < -0.39 is 0 Å². The van der Waals surface area contributed by atoms with Crippen molar-refractivity contribution in [3.63, 3.8) is 0 Å². The van der Waals surface area contributed by atoms with Crippen LogP contribution in [0.1, 0.15) is 20.9 Å². The fourth-order valence-corrected chi connectivity index (χ4v) is 3.85. The Morgan fingerprint density at radius 3 is 2.38 bits per heavy atom. The third-order valence-electron chi connectivity index (χ3n) is 4.15. The van der Waals surface area contributed by atoms with Crippen LogP contribution in [0, 0.1) is 6.92 Å². The first kappa shape index (κ1) is 18.1. The van der Waals surface area contributed by atoms with Gasteiger partial charge in [-0.05, 0) is 19.1 Å². The lowest BCUT2D eigenvalue weighted by molar-refractivity contribution is 0.0954. The van der Waals surface area contributed by atoms with Gasteiger partial charge in [-0.3, -0.25) is 9.48 Å². The van der Waals surface area contributed by atoms with E-state index in [0.29, 0.717) is 28.7 Å². The Morgan fingerprint density at radius 1 is 1.12 bits per heavy atom. The molecule has 2 aromatic heterocycles. The maximum absolute atomic E-state index is 12.6. The summed E-state index contributed by atoms with van der Waals surface area (Å²) in [6.07, 6.45) is 0. The molecule has 1 N–H and O–H groups in total. The number of carbonyl (C=O) groups excluding carboxylic acids is 1. The molecule has 0 bridgehead atoms. The predicted molar refractivity (Wildman–Crippen MR) is 101 cm³/mol. The molecule has 3 rings (SSSR count). The Hall–Kier alpha value is -2.74. The number of hydrogen-bond acceptors (Lipinski definition) is 6. The lowest BCUT2D eigenvalue weighted by Gasteiger charge is -2.14. The molecule has 0 fully saturated rings. The van der Waals surface area contributed by atoms with E-state index >= 15 is 0 Å². The molecule has 0 atom stereocenters.